The number of carbonyl (C=O) groups is 1. The van der Waals surface area contributed by atoms with Crippen LogP contribution in [-0.2, 0) is 16.0 Å². The molecule has 0 amide bonds. The molecule has 0 aromatic heterocycles. The molecule has 0 aliphatic heterocycles. The van der Waals surface area contributed by atoms with Gasteiger partial charge in [-0.25, -0.2) is 4.79 Å². The fraction of sp³-hybridized carbons (Fsp3) is 0.208. The van der Waals surface area contributed by atoms with Gasteiger partial charge in [0.25, 0.3) is 0 Å². The van der Waals surface area contributed by atoms with E-state index in [4.69, 9.17) is 23.7 Å². The number of nitrogens with zero attached hydrogens (tertiary/aromatic N) is 1. The number of rotatable bonds is 11. The maximum atomic E-state index is 12.5. The summed E-state index contributed by atoms with van der Waals surface area (Å²) in [4.78, 5) is 12.4. The molecule has 1 atom stereocenters. The van der Waals surface area contributed by atoms with Gasteiger partial charge in [0, 0.05) is 0 Å². The van der Waals surface area contributed by atoms with Crippen LogP contribution in [-0.4, -0.2) is 54.4 Å². The van der Waals surface area contributed by atoms with Gasteiger partial charge in [-0.1, -0.05) is 12.1 Å². The topological polar surface area (TPSA) is 127 Å². The summed E-state index contributed by atoms with van der Waals surface area (Å²) < 4.78 is 53.0. The Hall–Kier alpha value is -3.80. The van der Waals surface area contributed by atoms with Crippen LogP contribution in [0.4, 0.5) is 11.4 Å². The number of methoxy groups -OCH3 is 3. The normalized spacial score (nSPS) is 11.3. The molecular formula is C24H24NO9S-. The Morgan fingerprint density at radius 1 is 0.971 bits per heavy atom. The minimum atomic E-state index is -2.85. The second-order valence-corrected chi connectivity index (χ2v) is 7.65. The smallest absolute Gasteiger partial charge is 0.338 e. The van der Waals surface area contributed by atoms with Gasteiger partial charge in [0.05, 0.1) is 50.5 Å². The van der Waals surface area contributed by atoms with Gasteiger partial charge in [0.15, 0.2) is 23.0 Å². The van der Waals surface area contributed by atoms with Gasteiger partial charge < -0.3 is 33.3 Å². The number of esters is 1. The fourth-order valence-electron chi connectivity index (χ4n) is 3.18. The van der Waals surface area contributed by atoms with E-state index in [-0.39, 0.29) is 47.4 Å². The SMILES string of the molecule is COC(=O)c1cc(OCCO)c(Oc2ccccc2OC)c(N(c2ccc(OC)cc2)S(=O)[O-])c1. The van der Waals surface area contributed by atoms with E-state index < -0.39 is 17.2 Å². The van der Waals surface area contributed by atoms with Gasteiger partial charge in [0.1, 0.15) is 18.0 Å². The maximum absolute atomic E-state index is 12.5. The quantitative estimate of drug-likeness (QED) is 0.309. The monoisotopic (exact) mass is 502 g/mol. The van der Waals surface area contributed by atoms with Crippen molar-refractivity contribution in [2.75, 3.05) is 38.8 Å². The number of para-hydroxylation sites is 2. The molecule has 1 N–H and O–H groups in total. The van der Waals surface area contributed by atoms with Gasteiger partial charge in [0.2, 0.25) is 0 Å². The summed E-state index contributed by atoms with van der Waals surface area (Å²) in [5, 5.41) is 9.31. The minimum absolute atomic E-state index is 0.00628. The van der Waals surface area contributed by atoms with Gasteiger partial charge in [-0.05, 0) is 48.5 Å². The first-order valence-corrected chi connectivity index (χ1v) is 11.3. The lowest BCUT2D eigenvalue weighted by Crippen LogP contribution is -2.21. The van der Waals surface area contributed by atoms with Crippen LogP contribution in [0.3, 0.4) is 0 Å². The molecule has 3 aromatic rings. The second kappa shape index (κ2) is 12.1. The summed E-state index contributed by atoms with van der Waals surface area (Å²) in [5.74, 6) is 0.411. The number of ether oxygens (including phenoxy) is 5. The zero-order chi connectivity index (χ0) is 25.4. The molecule has 1 unspecified atom stereocenters. The van der Waals surface area contributed by atoms with E-state index in [1.165, 1.54) is 45.6 Å². The number of hydrogen-bond donors (Lipinski definition) is 1. The molecule has 0 saturated carbocycles. The molecule has 0 bridgehead atoms. The Balaban J connectivity index is 2.28. The third kappa shape index (κ3) is 6.01. The highest BCUT2D eigenvalue weighted by molar-refractivity contribution is 7.81. The first-order valence-electron chi connectivity index (χ1n) is 10.3. The van der Waals surface area contributed by atoms with Crippen molar-refractivity contribution >= 4 is 28.6 Å². The molecule has 0 aliphatic carbocycles. The van der Waals surface area contributed by atoms with E-state index in [0.717, 1.165) is 4.31 Å². The van der Waals surface area contributed by atoms with Gasteiger partial charge >= 0.3 is 5.97 Å². The molecule has 3 rings (SSSR count). The van der Waals surface area contributed by atoms with E-state index in [0.29, 0.717) is 11.5 Å². The van der Waals surface area contributed by atoms with Crippen LogP contribution in [0, 0.1) is 0 Å². The Bertz CT molecular complexity index is 1180. The van der Waals surface area contributed by atoms with Crippen LogP contribution in [0.2, 0.25) is 0 Å². The number of hydrogen-bond acceptors (Lipinski definition) is 9. The van der Waals surface area contributed by atoms with Crippen LogP contribution in [0.5, 0.6) is 28.7 Å². The molecule has 3 aromatic carbocycles. The third-order valence-corrected chi connectivity index (χ3v) is 5.47. The Morgan fingerprint density at radius 3 is 2.23 bits per heavy atom. The largest absolute Gasteiger partial charge is 0.755 e. The summed E-state index contributed by atoms with van der Waals surface area (Å²) in [6.45, 7) is -0.475. The van der Waals surface area contributed by atoms with E-state index in [1.807, 2.05) is 0 Å². The Labute approximate surface area is 205 Å². The first-order chi connectivity index (χ1) is 16.9. The van der Waals surface area contributed by atoms with Crippen molar-refractivity contribution in [2.45, 2.75) is 0 Å². The van der Waals surface area contributed by atoms with Crippen LogP contribution < -0.4 is 23.3 Å². The molecular weight excluding hydrogens is 478 g/mol. The van der Waals surface area contributed by atoms with Crippen LogP contribution in [0.1, 0.15) is 10.4 Å². The van der Waals surface area contributed by atoms with E-state index in [1.54, 1.807) is 36.4 Å². The molecule has 186 valence electrons. The molecule has 35 heavy (non-hydrogen) atoms. The highest BCUT2D eigenvalue weighted by Crippen LogP contribution is 2.46. The fourth-order valence-corrected chi connectivity index (χ4v) is 3.77. The van der Waals surface area contributed by atoms with Gasteiger partial charge in [-0.15, -0.1) is 0 Å². The summed E-state index contributed by atoms with van der Waals surface area (Å²) in [6.07, 6.45) is 0. The number of aliphatic hydroxyl groups excluding tert-OH is 1. The number of anilines is 2. The summed E-state index contributed by atoms with van der Waals surface area (Å²) in [7, 11) is 4.15. The lowest BCUT2D eigenvalue weighted by molar-refractivity contribution is 0.0600. The average Bonchev–Trinajstić information content (AvgIpc) is 2.88. The van der Waals surface area contributed by atoms with Crippen molar-refractivity contribution in [3.8, 4) is 28.7 Å². The highest BCUT2D eigenvalue weighted by Gasteiger charge is 2.25. The lowest BCUT2D eigenvalue weighted by Gasteiger charge is -2.29. The number of aliphatic hydroxyl groups is 1. The van der Waals surface area contributed by atoms with Gasteiger partial charge in [-0.3, -0.25) is 8.51 Å². The minimum Gasteiger partial charge on any atom is -0.755 e. The summed E-state index contributed by atoms with van der Waals surface area (Å²) in [5.41, 5.74) is 0.205. The van der Waals surface area contributed by atoms with Crippen LogP contribution >= 0.6 is 0 Å². The maximum Gasteiger partial charge on any atom is 0.338 e. The molecule has 0 radical (unpaired) electrons. The zero-order valence-electron chi connectivity index (χ0n) is 19.3. The predicted octanol–water partition coefficient (Wildman–Crippen LogP) is 3.59. The molecule has 0 saturated heterocycles. The predicted molar refractivity (Wildman–Crippen MR) is 127 cm³/mol. The molecule has 0 fully saturated rings. The molecule has 0 aliphatic rings. The summed E-state index contributed by atoms with van der Waals surface area (Å²) >= 11 is -2.85. The van der Waals surface area contributed by atoms with Crippen molar-refractivity contribution in [1.29, 1.82) is 0 Å². The highest BCUT2D eigenvalue weighted by atomic mass is 32.2. The third-order valence-electron chi connectivity index (χ3n) is 4.76. The summed E-state index contributed by atoms with van der Waals surface area (Å²) in [6, 6.07) is 15.6. The van der Waals surface area contributed by atoms with Crippen molar-refractivity contribution in [1.82, 2.24) is 0 Å². The first kappa shape index (κ1) is 25.8. The number of benzene rings is 3. The molecule has 0 heterocycles. The van der Waals surface area contributed by atoms with Crippen LogP contribution in [0.15, 0.2) is 60.7 Å². The Kier molecular flexibility index (Phi) is 8.90. The van der Waals surface area contributed by atoms with E-state index >= 15 is 0 Å². The van der Waals surface area contributed by atoms with E-state index in [9.17, 15) is 18.7 Å². The molecule has 10 nitrogen and oxygen atoms in total. The number of carbonyl (C=O) groups excluding carboxylic acids is 1. The molecule has 11 heteroatoms. The molecule has 0 spiro atoms. The van der Waals surface area contributed by atoms with Crippen LogP contribution in [0.25, 0.3) is 0 Å². The standard InChI is InChI=1S/C24H25NO9S/c1-30-18-10-8-17(9-11-18)25(35(28)29)19-14-16(24(27)32-3)15-22(33-13-12-26)23(19)34-21-7-5-4-6-20(21)31-2/h4-11,14-15,26H,12-13H2,1-3H3,(H,28,29)/p-1. The van der Waals surface area contributed by atoms with E-state index in [2.05, 4.69) is 0 Å². The van der Waals surface area contributed by atoms with Crippen molar-refractivity contribution in [3.63, 3.8) is 0 Å². The zero-order valence-corrected chi connectivity index (χ0v) is 20.1. The van der Waals surface area contributed by atoms with Crippen molar-refractivity contribution in [3.05, 3.63) is 66.2 Å². The Morgan fingerprint density at radius 2 is 1.66 bits per heavy atom. The van der Waals surface area contributed by atoms with Gasteiger partial charge in [-0.2, -0.15) is 0 Å². The average molecular weight is 503 g/mol. The van der Waals surface area contributed by atoms with Crippen molar-refractivity contribution < 1.29 is 42.3 Å². The second-order valence-electron chi connectivity index (χ2n) is 6.85. The lowest BCUT2D eigenvalue weighted by atomic mass is 10.1. The van der Waals surface area contributed by atoms with Crippen molar-refractivity contribution in [2.24, 2.45) is 0 Å².